The fraction of sp³-hybridized carbons (Fsp3) is 0.200. The zero-order valence-corrected chi connectivity index (χ0v) is 12.9. The highest BCUT2D eigenvalue weighted by molar-refractivity contribution is 6.00. The predicted molar refractivity (Wildman–Crippen MR) is 92.5 cm³/mol. The van der Waals surface area contributed by atoms with Crippen LogP contribution in [-0.2, 0) is 5.41 Å². The zero-order valence-electron chi connectivity index (χ0n) is 12.9. The van der Waals surface area contributed by atoms with Crippen LogP contribution in [0.5, 0.6) is 0 Å². The van der Waals surface area contributed by atoms with E-state index in [-0.39, 0.29) is 5.41 Å². The Morgan fingerprint density at radius 1 is 0.762 bits per heavy atom. The van der Waals surface area contributed by atoms with Crippen molar-refractivity contribution in [3.05, 3.63) is 66.2 Å². The van der Waals surface area contributed by atoms with Gasteiger partial charge in [0.25, 0.3) is 0 Å². The van der Waals surface area contributed by atoms with E-state index >= 15 is 0 Å². The Bertz CT molecular complexity index is 777. The van der Waals surface area contributed by atoms with Gasteiger partial charge in [0.15, 0.2) is 0 Å². The molecular weight excluding hydrogens is 254 g/mol. The van der Waals surface area contributed by atoms with E-state index in [0.29, 0.717) is 0 Å². The summed E-state index contributed by atoms with van der Waals surface area (Å²) in [7, 11) is 0. The maximum atomic E-state index is 6.37. The summed E-state index contributed by atoms with van der Waals surface area (Å²) in [4.78, 5) is 0. The summed E-state index contributed by atoms with van der Waals surface area (Å²) in [6.45, 7) is 6.69. The summed E-state index contributed by atoms with van der Waals surface area (Å²) >= 11 is 0. The minimum Gasteiger partial charge on any atom is -0.398 e. The Kier molecular flexibility index (Phi) is 3.21. The van der Waals surface area contributed by atoms with Crippen molar-refractivity contribution >= 4 is 16.5 Å². The fourth-order valence-corrected chi connectivity index (χ4v) is 2.70. The summed E-state index contributed by atoms with van der Waals surface area (Å²) in [6.07, 6.45) is 0. The maximum absolute atomic E-state index is 6.37. The fourth-order valence-electron chi connectivity index (χ4n) is 2.70. The van der Waals surface area contributed by atoms with Crippen molar-refractivity contribution in [2.45, 2.75) is 26.2 Å². The lowest BCUT2D eigenvalue weighted by Gasteiger charge is -2.19. The third-order valence-electron chi connectivity index (χ3n) is 4.03. The van der Waals surface area contributed by atoms with Crippen molar-refractivity contribution in [2.24, 2.45) is 0 Å². The first-order chi connectivity index (χ1) is 9.97. The molecule has 0 radical (unpaired) electrons. The van der Waals surface area contributed by atoms with E-state index in [2.05, 4.69) is 69.3 Å². The average molecular weight is 275 g/mol. The van der Waals surface area contributed by atoms with Gasteiger partial charge in [-0.15, -0.1) is 0 Å². The molecule has 106 valence electrons. The van der Waals surface area contributed by atoms with Crippen LogP contribution in [0.2, 0.25) is 0 Å². The molecule has 0 saturated heterocycles. The van der Waals surface area contributed by atoms with Crippen LogP contribution in [0.15, 0.2) is 60.7 Å². The molecule has 2 N–H and O–H groups in total. The lowest BCUT2D eigenvalue weighted by molar-refractivity contribution is 0.590. The minimum absolute atomic E-state index is 0.174. The highest BCUT2D eigenvalue weighted by Gasteiger charge is 2.13. The van der Waals surface area contributed by atoms with E-state index in [1.165, 1.54) is 16.5 Å². The molecule has 0 amide bonds. The van der Waals surface area contributed by atoms with Gasteiger partial charge in [-0.25, -0.2) is 0 Å². The zero-order chi connectivity index (χ0) is 15.0. The molecule has 3 aromatic carbocycles. The van der Waals surface area contributed by atoms with Crippen LogP contribution in [0.25, 0.3) is 21.9 Å². The molecule has 21 heavy (non-hydrogen) atoms. The molecule has 0 atom stereocenters. The topological polar surface area (TPSA) is 26.0 Å². The van der Waals surface area contributed by atoms with E-state index in [4.69, 9.17) is 5.73 Å². The van der Waals surface area contributed by atoms with Gasteiger partial charge in [-0.2, -0.15) is 0 Å². The second-order valence-electron chi connectivity index (χ2n) is 6.58. The van der Waals surface area contributed by atoms with Crippen molar-refractivity contribution < 1.29 is 0 Å². The van der Waals surface area contributed by atoms with Gasteiger partial charge in [0, 0.05) is 16.6 Å². The van der Waals surface area contributed by atoms with Crippen molar-refractivity contribution in [2.75, 3.05) is 5.73 Å². The summed E-state index contributed by atoms with van der Waals surface area (Å²) in [5, 5.41) is 2.31. The molecule has 0 bridgehead atoms. The number of nitrogen functional groups attached to an aromatic ring is 1. The second kappa shape index (κ2) is 4.92. The summed E-state index contributed by atoms with van der Waals surface area (Å²) in [5.74, 6) is 0. The lowest BCUT2D eigenvalue weighted by Crippen LogP contribution is -2.10. The Hall–Kier alpha value is -2.28. The monoisotopic (exact) mass is 275 g/mol. The molecule has 3 rings (SSSR count). The van der Waals surface area contributed by atoms with Crippen LogP contribution < -0.4 is 5.73 Å². The molecule has 0 spiro atoms. The Morgan fingerprint density at radius 3 is 2.10 bits per heavy atom. The van der Waals surface area contributed by atoms with Crippen LogP contribution in [0.3, 0.4) is 0 Å². The lowest BCUT2D eigenvalue weighted by atomic mass is 9.86. The average Bonchev–Trinajstić information content (AvgIpc) is 2.47. The number of fused-ring (bicyclic) bond motifs is 1. The number of rotatable bonds is 1. The molecule has 3 aromatic rings. The molecule has 1 heteroatoms. The number of nitrogens with two attached hydrogens (primary N) is 1. The van der Waals surface area contributed by atoms with E-state index in [0.717, 1.165) is 16.6 Å². The van der Waals surface area contributed by atoms with Gasteiger partial charge >= 0.3 is 0 Å². The van der Waals surface area contributed by atoms with Crippen molar-refractivity contribution in [3.8, 4) is 11.1 Å². The van der Waals surface area contributed by atoms with Gasteiger partial charge in [-0.3, -0.25) is 0 Å². The van der Waals surface area contributed by atoms with Crippen LogP contribution >= 0.6 is 0 Å². The third kappa shape index (κ3) is 2.52. The number of anilines is 1. The summed E-state index contributed by atoms with van der Waals surface area (Å²) < 4.78 is 0. The minimum atomic E-state index is 0.174. The molecule has 0 aliphatic rings. The van der Waals surface area contributed by atoms with Gasteiger partial charge in [0.05, 0.1) is 0 Å². The van der Waals surface area contributed by atoms with Crippen LogP contribution in [0.1, 0.15) is 26.3 Å². The SMILES string of the molecule is CC(C)(C)c1ccc(-c2ccc3ccccc3c2N)cc1. The van der Waals surface area contributed by atoms with E-state index < -0.39 is 0 Å². The van der Waals surface area contributed by atoms with E-state index in [9.17, 15) is 0 Å². The molecule has 0 aromatic heterocycles. The molecule has 0 heterocycles. The first-order valence-electron chi connectivity index (χ1n) is 7.35. The Morgan fingerprint density at radius 2 is 1.43 bits per heavy atom. The van der Waals surface area contributed by atoms with Gasteiger partial charge in [0.1, 0.15) is 0 Å². The molecule has 0 unspecified atom stereocenters. The largest absolute Gasteiger partial charge is 0.398 e. The van der Waals surface area contributed by atoms with Crippen LogP contribution in [0.4, 0.5) is 5.69 Å². The molecule has 0 aliphatic carbocycles. The Balaban J connectivity index is 2.10. The predicted octanol–water partition coefficient (Wildman–Crippen LogP) is 5.39. The standard InChI is InChI=1S/C20H21N/c1-20(2,3)16-11-8-15(9-12-16)18-13-10-14-6-4-5-7-17(14)19(18)21/h4-13H,21H2,1-3H3. The number of benzene rings is 3. The summed E-state index contributed by atoms with van der Waals surface area (Å²) in [6, 6.07) is 21.2. The molecule has 0 fully saturated rings. The van der Waals surface area contributed by atoms with Gasteiger partial charge in [-0.1, -0.05) is 81.4 Å². The van der Waals surface area contributed by atoms with E-state index in [1.54, 1.807) is 0 Å². The number of hydrogen-bond acceptors (Lipinski definition) is 1. The van der Waals surface area contributed by atoms with Crippen LogP contribution in [0, 0.1) is 0 Å². The second-order valence-corrected chi connectivity index (χ2v) is 6.58. The first-order valence-corrected chi connectivity index (χ1v) is 7.35. The highest BCUT2D eigenvalue weighted by Crippen LogP contribution is 2.33. The number of hydrogen-bond donors (Lipinski definition) is 1. The van der Waals surface area contributed by atoms with Gasteiger partial charge < -0.3 is 5.73 Å². The van der Waals surface area contributed by atoms with Gasteiger partial charge in [0.2, 0.25) is 0 Å². The first kappa shape index (κ1) is 13.7. The normalized spacial score (nSPS) is 11.8. The van der Waals surface area contributed by atoms with E-state index in [1.807, 2.05) is 12.1 Å². The summed E-state index contributed by atoms with van der Waals surface area (Å²) in [5.41, 5.74) is 11.0. The Labute approximate surface area is 126 Å². The highest BCUT2D eigenvalue weighted by atomic mass is 14.6. The third-order valence-corrected chi connectivity index (χ3v) is 4.03. The van der Waals surface area contributed by atoms with Crippen LogP contribution in [-0.4, -0.2) is 0 Å². The molecular formula is C20H21N. The van der Waals surface area contributed by atoms with Crippen molar-refractivity contribution in [1.29, 1.82) is 0 Å². The quantitative estimate of drug-likeness (QED) is 0.592. The van der Waals surface area contributed by atoms with Gasteiger partial charge in [-0.05, 0) is 21.9 Å². The smallest absolute Gasteiger partial charge is 0.0473 e. The molecule has 0 aliphatic heterocycles. The van der Waals surface area contributed by atoms with Crippen molar-refractivity contribution in [1.82, 2.24) is 0 Å². The maximum Gasteiger partial charge on any atom is 0.0473 e. The molecule has 0 saturated carbocycles. The van der Waals surface area contributed by atoms with Crippen molar-refractivity contribution in [3.63, 3.8) is 0 Å². The molecule has 1 nitrogen and oxygen atoms in total.